The number of amides is 2. The molecule has 0 aromatic heterocycles. The van der Waals surface area contributed by atoms with Crippen LogP contribution in [0.3, 0.4) is 0 Å². The number of carbonyl (C=O) groups excluding carboxylic acids is 2. The third-order valence-corrected chi connectivity index (χ3v) is 3.92. The van der Waals surface area contributed by atoms with Crippen molar-refractivity contribution in [1.29, 1.82) is 0 Å². The van der Waals surface area contributed by atoms with Crippen LogP contribution in [-0.4, -0.2) is 55.6 Å². The normalized spacial score (nSPS) is 26.8. The van der Waals surface area contributed by atoms with Crippen LogP contribution in [0.4, 0.5) is 0 Å². The lowest BCUT2D eigenvalue weighted by molar-refractivity contribution is -0.136. The molecule has 1 aliphatic carbocycles. The maximum Gasteiger partial charge on any atom is 0.248 e. The highest BCUT2D eigenvalue weighted by atomic mass is 16.5. The lowest BCUT2D eigenvalue weighted by Gasteiger charge is -2.32. The van der Waals surface area contributed by atoms with Crippen molar-refractivity contribution in [1.82, 2.24) is 10.2 Å². The number of piperidine rings is 1. The highest BCUT2D eigenvalue weighted by Gasteiger charge is 2.27. The van der Waals surface area contributed by atoms with Crippen LogP contribution < -0.4 is 11.1 Å². The Hall–Kier alpha value is -1.40. The molecule has 6 nitrogen and oxygen atoms in total. The summed E-state index contributed by atoms with van der Waals surface area (Å²) >= 11 is 0. The van der Waals surface area contributed by atoms with Gasteiger partial charge in [-0.3, -0.25) is 9.59 Å². The van der Waals surface area contributed by atoms with Gasteiger partial charge in [-0.2, -0.15) is 0 Å². The number of nitrogens with two attached hydrogens (primary N) is 1. The zero-order chi connectivity index (χ0) is 14.5. The van der Waals surface area contributed by atoms with Gasteiger partial charge < -0.3 is 20.7 Å². The van der Waals surface area contributed by atoms with Gasteiger partial charge in [-0.1, -0.05) is 12.2 Å². The molecule has 3 N–H and O–H groups in total. The molecule has 1 aliphatic heterocycles. The summed E-state index contributed by atoms with van der Waals surface area (Å²) in [5, 5.41) is 3.06. The van der Waals surface area contributed by atoms with Gasteiger partial charge in [0.1, 0.15) is 6.61 Å². The first kappa shape index (κ1) is 15.0. The number of carbonyl (C=O) groups is 2. The fourth-order valence-electron chi connectivity index (χ4n) is 2.72. The van der Waals surface area contributed by atoms with Crippen LogP contribution in [-0.2, 0) is 14.3 Å². The Morgan fingerprint density at radius 3 is 2.60 bits per heavy atom. The van der Waals surface area contributed by atoms with Gasteiger partial charge in [-0.25, -0.2) is 0 Å². The van der Waals surface area contributed by atoms with E-state index in [-0.39, 0.29) is 36.4 Å². The SMILES string of the molecule is COCC(=O)N1CCC(NC(=O)C2C=CC(N)C2)CC1. The van der Waals surface area contributed by atoms with E-state index in [9.17, 15) is 9.59 Å². The molecule has 2 atom stereocenters. The van der Waals surface area contributed by atoms with Gasteiger partial charge in [0.2, 0.25) is 11.8 Å². The van der Waals surface area contributed by atoms with E-state index < -0.39 is 0 Å². The third-order valence-electron chi connectivity index (χ3n) is 3.92. The molecule has 20 heavy (non-hydrogen) atoms. The fraction of sp³-hybridized carbons (Fsp3) is 0.714. The lowest BCUT2D eigenvalue weighted by Crippen LogP contribution is -2.48. The number of rotatable bonds is 4. The standard InChI is InChI=1S/C14H23N3O3/c1-20-9-13(18)17-6-4-12(5-7-17)16-14(19)10-2-3-11(15)8-10/h2-3,10-12H,4-9,15H2,1H3,(H,16,19). The summed E-state index contributed by atoms with van der Waals surface area (Å²) in [6, 6.07) is 0.151. The maximum atomic E-state index is 12.1. The Bertz CT molecular complexity index is 389. The van der Waals surface area contributed by atoms with E-state index in [0.717, 1.165) is 12.8 Å². The van der Waals surface area contributed by atoms with Gasteiger partial charge in [0.25, 0.3) is 0 Å². The van der Waals surface area contributed by atoms with E-state index in [4.69, 9.17) is 10.5 Å². The molecule has 0 aromatic rings. The van der Waals surface area contributed by atoms with Crippen molar-refractivity contribution in [2.24, 2.45) is 11.7 Å². The molecular weight excluding hydrogens is 258 g/mol. The molecular formula is C14H23N3O3. The molecule has 1 saturated heterocycles. The maximum absolute atomic E-state index is 12.1. The number of hydrogen-bond acceptors (Lipinski definition) is 4. The number of likely N-dealkylation sites (tertiary alicyclic amines) is 1. The van der Waals surface area contributed by atoms with E-state index in [2.05, 4.69) is 5.32 Å². The lowest BCUT2D eigenvalue weighted by atomic mass is 10.0. The molecule has 0 radical (unpaired) electrons. The monoisotopic (exact) mass is 281 g/mol. The summed E-state index contributed by atoms with van der Waals surface area (Å²) in [4.78, 5) is 25.5. The minimum absolute atomic E-state index is 0.000683. The van der Waals surface area contributed by atoms with Crippen molar-refractivity contribution in [2.75, 3.05) is 26.8 Å². The number of hydrogen-bond donors (Lipinski definition) is 2. The van der Waals surface area contributed by atoms with Gasteiger partial charge in [0, 0.05) is 32.3 Å². The second kappa shape index (κ2) is 6.85. The van der Waals surface area contributed by atoms with Gasteiger partial charge in [0.05, 0.1) is 5.92 Å². The van der Waals surface area contributed by atoms with Crippen molar-refractivity contribution in [3.63, 3.8) is 0 Å². The van der Waals surface area contributed by atoms with Crippen LogP contribution in [0.5, 0.6) is 0 Å². The number of nitrogens with zero attached hydrogens (tertiary/aromatic N) is 1. The largest absolute Gasteiger partial charge is 0.375 e. The molecule has 1 heterocycles. The van der Waals surface area contributed by atoms with Crippen molar-refractivity contribution in [3.05, 3.63) is 12.2 Å². The quantitative estimate of drug-likeness (QED) is 0.689. The smallest absolute Gasteiger partial charge is 0.248 e. The first-order valence-electron chi connectivity index (χ1n) is 7.11. The Morgan fingerprint density at radius 1 is 1.35 bits per heavy atom. The zero-order valence-electron chi connectivity index (χ0n) is 11.9. The first-order valence-corrected chi connectivity index (χ1v) is 7.11. The van der Waals surface area contributed by atoms with Crippen LogP contribution in [0.1, 0.15) is 19.3 Å². The molecule has 2 rings (SSSR count). The fourth-order valence-corrected chi connectivity index (χ4v) is 2.72. The predicted molar refractivity (Wildman–Crippen MR) is 74.8 cm³/mol. The van der Waals surface area contributed by atoms with Crippen LogP contribution in [0.15, 0.2) is 12.2 Å². The highest BCUT2D eigenvalue weighted by Crippen LogP contribution is 2.18. The second-order valence-electron chi connectivity index (χ2n) is 5.49. The van der Waals surface area contributed by atoms with E-state index in [1.165, 1.54) is 7.11 Å². The van der Waals surface area contributed by atoms with Crippen LogP contribution in [0.2, 0.25) is 0 Å². The number of nitrogens with one attached hydrogen (secondary N) is 1. The summed E-state index contributed by atoms with van der Waals surface area (Å²) in [7, 11) is 1.52. The Morgan fingerprint density at radius 2 is 2.05 bits per heavy atom. The summed E-state index contributed by atoms with van der Waals surface area (Å²) in [6.07, 6.45) is 6.05. The topological polar surface area (TPSA) is 84.7 Å². The van der Waals surface area contributed by atoms with Crippen LogP contribution >= 0.6 is 0 Å². The van der Waals surface area contributed by atoms with E-state index >= 15 is 0 Å². The zero-order valence-corrected chi connectivity index (χ0v) is 11.9. The molecule has 0 spiro atoms. The number of ether oxygens (including phenoxy) is 1. The average molecular weight is 281 g/mol. The first-order chi connectivity index (χ1) is 9.60. The summed E-state index contributed by atoms with van der Waals surface area (Å²) < 4.78 is 4.85. The van der Waals surface area contributed by atoms with E-state index in [0.29, 0.717) is 19.5 Å². The van der Waals surface area contributed by atoms with Crippen molar-refractivity contribution < 1.29 is 14.3 Å². The van der Waals surface area contributed by atoms with Crippen molar-refractivity contribution >= 4 is 11.8 Å². The van der Waals surface area contributed by atoms with Crippen LogP contribution in [0, 0.1) is 5.92 Å². The summed E-state index contributed by atoms with van der Waals surface area (Å²) in [5.74, 6) is -0.0315. The van der Waals surface area contributed by atoms with Gasteiger partial charge in [-0.05, 0) is 19.3 Å². The summed E-state index contributed by atoms with van der Waals surface area (Å²) in [5.41, 5.74) is 5.75. The van der Waals surface area contributed by atoms with Crippen molar-refractivity contribution in [3.8, 4) is 0 Å². The molecule has 0 bridgehead atoms. The minimum Gasteiger partial charge on any atom is -0.375 e. The van der Waals surface area contributed by atoms with Crippen molar-refractivity contribution in [2.45, 2.75) is 31.3 Å². The predicted octanol–water partition coefficient (Wildman–Crippen LogP) is -0.357. The molecule has 2 unspecified atom stereocenters. The summed E-state index contributed by atoms with van der Waals surface area (Å²) in [6.45, 7) is 1.47. The third kappa shape index (κ3) is 3.80. The molecule has 6 heteroatoms. The second-order valence-corrected chi connectivity index (χ2v) is 5.49. The van der Waals surface area contributed by atoms with Gasteiger partial charge in [-0.15, -0.1) is 0 Å². The molecule has 0 aromatic carbocycles. The Labute approximate surface area is 119 Å². The molecule has 2 amide bonds. The molecule has 0 saturated carbocycles. The van der Waals surface area contributed by atoms with Gasteiger partial charge in [0.15, 0.2) is 0 Å². The van der Waals surface area contributed by atoms with Gasteiger partial charge >= 0.3 is 0 Å². The highest BCUT2D eigenvalue weighted by molar-refractivity contribution is 5.81. The minimum atomic E-state index is -0.0989. The van der Waals surface area contributed by atoms with E-state index in [1.807, 2.05) is 12.2 Å². The molecule has 112 valence electrons. The average Bonchev–Trinajstić information content (AvgIpc) is 2.86. The molecule has 1 fully saturated rings. The molecule has 2 aliphatic rings. The Balaban J connectivity index is 1.73. The Kier molecular flexibility index (Phi) is 5.14. The number of methoxy groups -OCH3 is 1. The van der Waals surface area contributed by atoms with Crippen LogP contribution in [0.25, 0.3) is 0 Å². The van der Waals surface area contributed by atoms with E-state index in [1.54, 1.807) is 4.90 Å².